The summed E-state index contributed by atoms with van der Waals surface area (Å²) in [5, 5.41) is 0.106. The Balaban J connectivity index is 2.12. The highest BCUT2D eigenvalue weighted by Crippen LogP contribution is 2.32. The molecule has 7 heteroatoms. The van der Waals surface area contributed by atoms with Crippen molar-refractivity contribution in [2.75, 3.05) is 19.1 Å². The minimum Gasteiger partial charge on any atom is -0.497 e. The largest absolute Gasteiger partial charge is 0.497 e. The zero-order chi connectivity index (χ0) is 15.7. The van der Waals surface area contributed by atoms with Crippen LogP contribution in [0.3, 0.4) is 0 Å². The third-order valence-electron chi connectivity index (χ3n) is 3.53. The van der Waals surface area contributed by atoms with Gasteiger partial charge >= 0.3 is 0 Å². The van der Waals surface area contributed by atoms with E-state index in [4.69, 9.17) is 4.74 Å². The van der Waals surface area contributed by atoms with Gasteiger partial charge in [-0.15, -0.1) is 0 Å². The first-order chi connectivity index (χ1) is 10.6. The monoisotopic (exact) mass is 318 g/mol. The number of ether oxygens (including phenoxy) is 1. The minimum absolute atomic E-state index is 0.0476. The predicted octanol–water partition coefficient (Wildman–Crippen LogP) is 3.72. The van der Waals surface area contributed by atoms with Crippen LogP contribution in [-0.4, -0.2) is 28.7 Å². The Morgan fingerprint density at radius 3 is 2.55 bits per heavy atom. The first kappa shape index (κ1) is 14.6. The normalized spacial score (nSPS) is 10.9. The Morgan fingerprint density at radius 2 is 1.91 bits per heavy atom. The van der Waals surface area contributed by atoms with Crippen LogP contribution in [0, 0.1) is 0 Å². The summed E-state index contributed by atoms with van der Waals surface area (Å²) in [6.07, 6.45) is 1.89. The van der Waals surface area contributed by atoms with Gasteiger partial charge in [-0.3, -0.25) is 0 Å². The van der Waals surface area contributed by atoms with Crippen molar-refractivity contribution >= 4 is 34.7 Å². The predicted molar refractivity (Wildman–Crippen MR) is 86.5 cm³/mol. The molecule has 1 aromatic carbocycles. The number of benzene rings is 1. The van der Waals surface area contributed by atoms with E-state index in [1.54, 1.807) is 7.11 Å². The van der Waals surface area contributed by atoms with Crippen LogP contribution in [-0.2, 0) is 7.05 Å². The van der Waals surface area contributed by atoms with Gasteiger partial charge in [0.1, 0.15) is 23.4 Å². The lowest BCUT2D eigenvalue weighted by atomic mass is 10.2. The molecule has 0 amide bonds. The molecule has 0 atom stereocenters. The van der Waals surface area contributed by atoms with Gasteiger partial charge in [0.05, 0.1) is 12.6 Å². The second kappa shape index (κ2) is 5.84. The van der Waals surface area contributed by atoms with Crippen LogP contribution in [0.1, 0.15) is 0 Å². The Bertz CT molecular complexity index is 803. The summed E-state index contributed by atoms with van der Waals surface area (Å²) >= 11 is 0.0476. The van der Waals surface area contributed by atoms with Gasteiger partial charge in [-0.2, -0.15) is 3.89 Å². The van der Waals surface area contributed by atoms with Crippen LogP contribution in [0.15, 0.2) is 41.7 Å². The van der Waals surface area contributed by atoms with Crippen molar-refractivity contribution < 1.29 is 8.62 Å². The standard InChI is InChI=1S/C15H15FN4OS/c1-19-9-8-12-13(19)14(18-15(17-12)22-16)20(2)10-4-6-11(21-3)7-5-10/h4-9H,1-3H3. The summed E-state index contributed by atoms with van der Waals surface area (Å²) in [6, 6.07) is 9.46. The number of nitrogens with zero attached hydrogens (tertiary/aromatic N) is 4. The number of fused-ring (bicyclic) bond motifs is 1. The molecule has 3 aromatic rings. The van der Waals surface area contributed by atoms with E-state index in [0.29, 0.717) is 11.3 Å². The zero-order valence-electron chi connectivity index (χ0n) is 12.4. The second-order valence-electron chi connectivity index (χ2n) is 4.82. The maximum Gasteiger partial charge on any atom is 0.223 e. The average Bonchev–Trinajstić information content (AvgIpc) is 2.94. The van der Waals surface area contributed by atoms with Gasteiger partial charge in [0.2, 0.25) is 5.16 Å². The molecule has 0 aliphatic carbocycles. The summed E-state index contributed by atoms with van der Waals surface area (Å²) in [5.74, 6) is 1.44. The lowest BCUT2D eigenvalue weighted by Gasteiger charge is -2.20. The van der Waals surface area contributed by atoms with Crippen LogP contribution >= 0.6 is 12.1 Å². The van der Waals surface area contributed by atoms with Crippen LogP contribution in [0.2, 0.25) is 0 Å². The molecule has 2 heterocycles. The number of rotatable bonds is 4. The topological polar surface area (TPSA) is 43.2 Å². The summed E-state index contributed by atoms with van der Waals surface area (Å²) in [4.78, 5) is 10.4. The number of aromatic nitrogens is 3. The van der Waals surface area contributed by atoms with Crippen LogP contribution < -0.4 is 9.64 Å². The first-order valence-corrected chi connectivity index (χ1v) is 7.35. The summed E-state index contributed by atoms with van der Waals surface area (Å²) < 4.78 is 20.0. The molecule has 2 aromatic heterocycles. The van der Waals surface area contributed by atoms with Gasteiger partial charge in [0, 0.05) is 26.0 Å². The highest BCUT2D eigenvalue weighted by atomic mass is 32.2. The fourth-order valence-corrected chi connectivity index (χ4v) is 2.60. The van der Waals surface area contributed by atoms with Crippen molar-refractivity contribution in [1.82, 2.24) is 14.5 Å². The van der Waals surface area contributed by atoms with Crippen molar-refractivity contribution in [3.8, 4) is 5.75 Å². The van der Waals surface area contributed by atoms with Crippen molar-refractivity contribution in [2.24, 2.45) is 7.05 Å². The smallest absolute Gasteiger partial charge is 0.223 e. The van der Waals surface area contributed by atoms with Gasteiger partial charge in [0.15, 0.2) is 5.82 Å². The highest BCUT2D eigenvalue weighted by Gasteiger charge is 2.16. The van der Waals surface area contributed by atoms with E-state index in [9.17, 15) is 3.89 Å². The Kier molecular flexibility index (Phi) is 3.89. The number of halogens is 1. The Morgan fingerprint density at radius 1 is 1.18 bits per heavy atom. The van der Waals surface area contributed by atoms with E-state index in [0.717, 1.165) is 17.0 Å². The average molecular weight is 318 g/mol. The van der Waals surface area contributed by atoms with E-state index >= 15 is 0 Å². The highest BCUT2D eigenvalue weighted by molar-refractivity contribution is 7.94. The number of aryl methyl sites for hydroxylation is 1. The summed E-state index contributed by atoms with van der Waals surface area (Å²) in [7, 11) is 5.43. The molecular formula is C15H15FN4OS. The molecule has 0 spiro atoms. The van der Waals surface area contributed by atoms with E-state index in [1.807, 2.05) is 60.1 Å². The van der Waals surface area contributed by atoms with E-state index < -0.39 is 0 Å². The van der Waals surface area contributed by atoms with Crippen LogP contribution in [0.4, 0.5) is 15.4 Å². The lowest BCUT2D eigenvalue weighted by molar-refractivity contribution is 0.415. The molecule has 3 rings (SSSR count). The van der Waals surface area contributed by atoms with Gasteiger partial charge < -0.3 is 14.2 Å². The number of methoxy groups -OCH3 is 1. The third-order valence-corrected chi connectivity index (χ3v) is 3.85. The molecule has 22 heavy (non-hydrogen) atoms. The lowest BCUT2D eigenvalue weighted by Crippen LogP contribution is -2.13. The van der Waals surface area contributed by atoms with Crippen LogP contribution in [0.5, 0.6) is 5.75 Å². The van der Waals surface area contributed by atoms with E-state index in [-0.39, 0.29) is 17.3 Å². The van der Waals surface area contributed by atoms with Crippen molar-refractivity contribution in [2.45, 2.75) is 5.16 Å². The molecule has 0 unspecified atom stereocenters. The van der Waals surface area contributed by atoms with Gasteiger partial charge in [0.25, 0.3) is 0 Å². The second-order valence-corrected chi connectivity index (χ2v) is 5.34. The van der Waals surface area contributed by atoms with Crippen molar-refractivity contribution in [1.29, 1.82) is 0 Å². The molecule has 0 bridgehead atoms. The minimum atomic E-state index is 0.0476. The molecule has 0 radical (unpaired) electrons. The fraction of sp³-hybridized carbons (Fsp3) is 0.200. The molecule has 0 fully saturated rings. The molecule has 5 nitrogen and oxygen atoms in total. The van der Waals surface area contributed by atoms with Crippen molar-refractivity contribution in [3.63, 3.8) is 0 Å². The first-order valence-electron chi connectivity index (χ1n) is 6.63. The number of hydrogen-bond donors (Lipinski definition) is 0. The molecule has 0 saturated carbocycles. The molecule has 0 N–H and O–H groups in total. The fourth-order valence-electron chi connectivity index (χ4n) is 2.35. The van der Waals surface area contributed by atoms with Gasteiger partial charge in [-0.25, -0.2) is 9.97 Å². The molecule has 0 aliphatic rings. The molecule has 0 saturated heterocycles. The van der Waals surface area contributed by atoms with Crippen molar-refractivity contribution in [3.05, 3.63) is 36.5 Å². The Hall–Kier alpha value is -2.28. The molecule has 114 valence electrons. The van der Waals surface area contributed by atoms with E-state index in [1.165, 1.54) is 0 Å². The summed E-state index contributed by atoms with van der Waals surface area (Å²) in [6.45, 7) is 0. The third kappa shape index (κ3) is 2.48. The number of hydrogen-bond acceptors (Lipinski definition) is 5. The SMILES string of the molecule is COc1ccc(N(C)c2nc(SF)nc3ccn(C)c23)cc1. The quantitative estimate of drug-likeness (QED) is 0.686. The Labute approximate surface area is 132 Å². The maximum atomic E-state index is 13.0. The summed E-state index contributed by atoms with van der Waals surface area (Å²) in [5.41, 5.74) is 2.50. The van der Waals surface area contributed by atoms with Gasteiger partial charge in [-0.05, 0) is 30.3 Å². The zero-order valence-corrected chi connectivity index (χ0v) is 13.3. The van der Waals surface area contributed by atoms with E-state index in [2.05, 4.69) is 9.97 Å². The maximum absolute atomic E-state index is 13.0. The van der Waals surface area contributed by atoms with Crippen LogP contribution in [0.25, 0.3) is 11.0 Å². The number of anilines is 2. The molecular weight excluding hydrogens is 303 g/mol. The molecule has 0 aliphatic heterocycles. The van der Waals surface area contributed by atoms with Gasteiger partial charge in [-0.1, -0.05) is 0 Å².